The lowest BCUT2D eigenvalue weighted by Gasteiger charge is -2.25. The van der Waals surface area contributed by atoms with E-state index in [1.807, 2.05) is 30.5 Å². The Morgan fingerprint density at radius 2 is 2.20 bits per heavy atom. The first-order valence-corrected chi connectivity index (χ1v) is 7.26. The van der Waals surface area contributed by atoms with Gasteiger partial charge in [-0.1, -0.05) is 0 Å². The lowest BCUT2D eigenvalue weighted by atomic mass is 10.1. The van der Waals surface area contributed by atoms with Crippen LogP contribution in [0.3, 0.4) is 0 Å². The van der Waals surface area contributed by atoms with Gasteiger partial charge >= 0.3 is 0 Å². The van der Waals surface area contributed by atoms with Gasteiger partial charge in [-0.2, -0.15) is 0 Å². The van der Waals surface area contributed by atoms with Crippen LogP contribution in [-0.2, 0) is 0 Å². The molecule has 4 nitrogen and oxygen atoms in total. The van der Waals surface area contributed by atoms with Gasteiger partial charge in [0.25, 0.3) is 0 Å². The summed E-state index contributed by atoms with van der Waals surface area (Å²) in [6.45, 7) is 3.18. The van der Waals surface area contributed by atoms with Crippen LogP contribution >= 0.6 is 0 Å². The molecule has 1 aromatic heterocycles. The molecule has 1 atom stereocenters. The molecule has 1 aromatic carbocycles. The van der Waals surface area contributed by atoms with Crippen molar-refractivity contribution in [3.63, 3.8) is 0 Å². The fourth-order valence-corrected chi connectivity index (χ4v) is 2.58. The average Bonchev–Trinajstić information content (AvgIpc) is 3.30. The molecule has 1 saturated carbocycles. The SMILES string of the molecule is CC(CNc1ccc(N)c2cccnc12)N(C)C1CC1. The van der Waals surface area contributed by atoms with E-state index >= 15 is 0 Å². The highest BCUT2D eigenvalue weighted by Gasteiger charge is 2.28. The van der Waals surface area contributed by atoms with Crippen molar-refractivity contribution in [3.05, 3.63) is 30.5 Å². The fraction of sp³-hybridized carbons (Fsp3) is 0.438. The highest BCUT2D eigenvalue weighted by molar-refractivity contribution is 5.98. The summed E-state index contributed by atoms with van der Waals surface area (Å²) in [7, 11) is 2.21. The van der Waals surface area contributed by atoms with Gasteiger partial charge in [-0.15, -0.1) is 0 Å². The topological polar surface area (TPSA) is 54.2 Å². The maximum absolute atomic E-state index is 6.00. The molecular formula is C16H22N4. The van der Waals surface area contributed by atoms with Crippen LogP contribution in [0.25, 0.3) is 10.9 Å². The van der Waals surface area contributed by atoms with Gasteiger partial charge in [-0.05, 0) is 51.1 Å². The van der Waals surface area contributed by atoms with E-state index in [2.05, 4.69) is 29.2 Å². The van der Waals surface area contributed by atoms with Crippen LogP contribution < -0.4 is 11.1 Å². The summed E-state index contributed by atoms with van der Waals surface area (Å²) >= 11 is 0. The smallest absolute Gasteiger partial charge is 0.0953 e. The molecule has 1 aliphatic carbocycles. The van der Waals surface area contributed by atoms with Crippen LogP contribution in [-0.4, -0.2) is 35.6 Å². The number of nitrogens with zero attached hydrogens (tertiary/aromatic N) is 2. The lowest BCUT2D eigenvalue weighted by molar-refractivity contribution is 0.257. The molecule has 0 saturated heterocycles. The molecule has 2 aromatic rings. The molecule has 0 spiro atoms. The van der Waals surface area contributed by atoms with Gasteiger partial charge in [0.05, 0.1) is 11.2 Å². The first-order valence-electron chi connectivity index (χ1n) is 7.26. The summed E-state index contributed by atoms with van der Waals surface area (Å²) in [6, 6.07) is 9.21. The van der Waals surface area contributed by atoms with E-state index in [1.54, 1.807) is 0 Å². The number of anilines is 2. The molecule has 1 fully saturated rings. The van der Waals surface area contributed by atoms with Gasteiger partial charge in [0.1, 0.15) is 0 Å². The first kappa shape index (κ1) is 13.2. The van der Waals surface area contributed by atoms with Crippen molar-refractivity contribution >= 4 is 22.3 Å². The number of likely N-dealkylation sites (N-methyl/N-ethyl adjacent to an activating group) is 1. The number of hydrogen-bond acceptors (Lipinski definition) is 4. The third-order valence-corrected chi connectivity index (χ3v) is 4.21. The van der Waals surface area contributed by atoms with Gasteiger partial charge in [-0.3, -0.25) is 9.88 Å². The number of rotatable bonds is 5. The summed E-state index contributed by atoms with van der Waals surface area (Å²) in [5.74, 6) is 0. The van der Waals surface area contributed by atoms with Crippen molar-refractivity contribution in [1.82, 2.24) is 9.88 Å². The average molecular weight is 270 g/mol. The largest absolute Gasteiger partial charge is 0.398 e. The number of nitrogens with one attached hydrogen (secondary N) is 1. The Morgan fingerprint density at radius 3 is 2.95 bits per heavy atom. The van der Waals surface area contributed by atoms with Crippen LogP contribution in [0.2, 0.25) is 0 Å². The highest BCUT2D eigenvalue weighted by atomic mass is 15.2. The van der Waals surface area contributed by atoms with E-state index in [-0.39, 0.29) is 0 Å². The van der Waals surface area contributed by atoms with Crippen molar-refractivity contribution in [2.75, 3.05) is 24.6 Å². The van der Waals surface area contributed by atoms with Gasteiger partial charge < -0.3 is 11.1 Å². The van der Waals surface area contributed by atoms with E-state index in [0.29, 0.717) is 6.04 Å². The van der Waals surface area contributed by atoms with Crippen LogP contribution in [0.15, 0.2) is 30.5 Å². The zero-order chi connectivity index (χ0) is 14.1. The molecule has 106 valence electrons. The lowest BCUT2D eigenvalue weighted by Crippen LogP contribution is -2.36. The van der Waals surface area contributed by atoms with Crippen molar-refractivity contribution < 1.29 is 0 Å². The third-order valence-electron chi connectivity index (χ3n) is 4.21. The van der Waals surface area contributed by atoms with E-state index < -0.39 is 0 Å². The molecule has 4 heteroatoms. The minimum atomic E-state index is 0.513. The quantitative estimate of drug-likeness (QED) is 0.820. The summed E-state index contributed by atoms with van der Waals surface area (Å²) in [4.78, 5) is 6.91. The Balaban J connectivity index is 1.75. The zero-order valence-electron chi connectivity index (χ0n) is 12.1. The van der Waals surface area contributed by atoms with Crippen LogP contribution in [0, 0.1) is 0 Å². The van der Waals surface area contributed by atoms with Crippen LogP contribution in [0.4, 0.5) is 11.4 Å². The highest BCUT2D eigenvalue weighted by Crippen LogP contribution is 2.28. The number of fused-ring (bicyclic) bond motifs is 1. The monoisotopic (exact) mass is 270 g/mol. The Labute approximate surface area is 120 Å². The van der Waals surface area contributed by atoms with E-state index in [4.69, 9.17) is 5.73 Å². The minimum Gasteiger partial charge on any atom is -0.398 e. The third kappa shape index (κ3) is 2.56. The Hall–Kier alpha value is -1.81. The van der Waals surface area contributed by atoms with E-state index in [1.165, 1.54) is 12.8 Å². The van der Waals surface area contributed by atoms with E-state index in [0.717, 1.165) is 34.9 Å². The van der Waals surface area contributed by atoms with Crippen molar-refractivity contribution in [1.29, 1.82) is 0 Å². The molecule has 0 aliphatic heterocycles. The molecule has 1 aliphatic rings. The molecular weight excluding hydrogens is 248 g/mol. The van der Waals surface area contributed by atoms with Crippen molar-refractivity contribution in [2.45, 2.75) is 31.8 Å². The number of hydrogen-bond donors (Lipinski definition) is 2. The number of aromatic nitrogens is 1. The maximum Gasteiger partial charge on any atom is 0.0953 e. The summed E-state index contributed by atoms with van der Waals surface area (Å²) in [5.41, 5.74) is 8.79. The van der Waals surface area contributed by atoms with Gasteiger partial charge in [0, 0.05) is 35.9 Å². The molecule has 3 rings (SSSR count). The predicted octanol–water partition coefficient (Wildman–Crippen LogP) is 2.71. The molecule has 1 heterocycles. The van der Waals surface area contributed by atoms with Crippen LogP contribution in [0.1, 0.15) is 19.8 Å². The number of pyridine rings is 1. The molecule has 0 radical (unpaired) electrons. The molecule has 0 bridgehead atoms. The Bertz CT molecular complexity index is 606. The fourth-order valence-electron chi connectivity index (χ4n) is 2.58. The molecule has 0 amide bonds. The molecule has 3 N–H and O–H groups in total. The summed E-state index contributed by atoms with van der Waals surface area (Å²) in [5, 5.41) is 4.53. The predicted molar refractivity (Wildman–Crippen MR) is 84.9 cm³/mol. The second kappa shape index (κ2) is 5.29. The zero-order valence-corrected chi connectivity index (χ0v) is 12.1. The number of nitrogen functional groups attached to an aromatic ring is 1. The summed E-state index contributed by atoms with van der Waals surface area (Å²) in [6.07, 6.45) is 4.49. The minimum absolute atomic E-state index is 0.513. The van der Waals surface area contributed by atoms with Crippen molar-refractivity contribution in [2.24, 2.45) is 0 Å². The second-order valence-electron chi connectivity index (χ2n) is 5.73. The Morgan fingerprint density at radius 1 is 1.40 bits per heavy atom. The van der Waals surface area contributed by atoms with Gasteiger partial charge in [0.15, 0.2) is 0 Å². The van der Waals surface area contributed by atoms with Gasteiger partial charge in [0.2, 0.25) is 0 Å². The van der Waals surface area contributed by atoms with Gasteiger partial charge in [-0.25, -0.2) is 0 Å². The molecule has 20 heavy (non-hydrogen) atoms. The number of benzene rings is 1. The maximum atomic E-state index is 6.00. The summed E-state index contributed by atoms with van der Waals surface area (Å²) < 4.78 is 0. The van der Waals surface area contributed by atoms with Crippen molar-refractivity contribution in [3.8, 4) is 0 Å². The second-order valence-corrected chi connectivity index (χ2v) is 5.73. The van der Waals surface area contributed by atoms with Crippen LogP contribution in [0.5, 0.6) is 0 Å². The molecule has 1 unspecified atom stereocenters. The number of nitrogens with two attached hydrogens (primary N) is 1. The first-order chi connectivity index (χ1) is 9.66. The normalized spacial score (nSPS) is 16.6. The van der Waals surface area contributed by atoms with E-state index in [9.17, 15) is 0 Å². The Kier molecular flexibility index (Phi) is 3.49. The standard InChI is InChI=1S/C16H22N4/c1-11(20(2)12-5-6-12)10-19-15-8-7-14(17)13-4-3-9-18-16(13)15/h3-4,7-9,11-12,19H,5-6,10,17H2,1-2H3.